The maximum Gasteiger partial charge on any atom is 0.303 e. The maximum atomic E-state index is 12.1. The van der Waals surface area contributed by atoms with Gasteiger partial charge >= 0.3 is 5.97 Å². The summed E-state index contributed by atoms with van der Waals surface area (Å²) in [6.07, 6.45) is 12.1. The van der Waals surface area contributed by atoms with Crippen molar-refractivity contribution in [2.75, 3.05) is 0 Å². The highest BCUT2D eigenvalue weighted by atomic mass is 16.4. The summed E-state index contributed by atoms with van der Waals surface area (Å²) >= 11 is 0. The Kier molecular flexibility index (Phi) is 10.3. The first kappa shape index (κ1) is 21.6. The Morgan fingerprint density at radius 1 is 1.28 bits per heavy atom. The van der Waals surface area contributed by atoms with Crippen LogP contribution in [0.2, 0.25) is 0 Å². The van der Waals surface area contributed by atoms with Crippen LogP contribution in [0.25, 0.3) is 0 Å². The van der Waals surface area contributed by atoms with Crippen LogP contribution >= 0.6 is 0 Å². The van der Waals surface area contributed by atoms with Crippen molar-refractivity contribution in [3.8, 4) is 0 Å². The first-order chi connectivity index (χ1) is 12.0. The maximum absolute atomic E-state index is 12.1. The molecule has 0 bridgehead atoms. The Morgan fingerprint density at radius 3 is 2.72 bits per heavy atom. The third-order valence-corrected chi connectivity index (χ3v) is 4.71. The fraction of sp³-hybridized carbons (Fsp3) is 0.700. The zero-order chi connectivity index (χ0) is 18.7. The highest BCUT2D eigenvalue weighted by molar-refractivity contribution is 5.84. The molecule has 5 heteroatoms. The van der Waals surface area contributed by atoms with Gasteiger partial charge in [-0.05, 0) is 25.7 Å². The van der Waals surface area contributed by atoms with Gasteiger partial charge in [-0.1, -0.05) is 50.5 Å². The van der Waals surface area contributed by atoms with Crippen LogP contribution in [0.15, 0.2) is 24.3 Å². The summed E-state index contributed by atoms with van der Waals surface area (Å²) in [6, 6.07) is 0. The van der Waals surface area contributed by atoms with Gasteiger partial charge in [0, 0.05) is 24.7 Å². The standard InChI is InChI=1S/C20H32O5/c1-2-3-6-9-15(21)12-13-17-16(18(22)14-19(17)23)10-7-4-5-8-11-20(24)25/h4,7,12-13,15-17,19,21,23H,2-3,5-6,8-11,14H2,1H3,(H,24,25)/b7-4+,13-12+/t15-,16+,17+,19+/m1/s1. The molecule has 0 aromatic rings. The SMILES string of the molecule is CCCCC[C@@H](O)/C=C/[C@H]1[C@H](C/C=C/CCCC(=O)O)C(=O)C[C@@H]1O. The molecule has 0 spiro atoms. The second kappa shape index (κ2) is 12.0. The summed E-state index contributed by atoms with van der Waals surface area (Å²) in [5, 5.41) is 28.7. The van der Waals surface area contributed by atoms with E-state index in [0.717, 1.165) is 19.3 Å². The minimum absolute atomic E-state index is 0.0535. The lowest BCUT2D eigenvalue weighted by Gasteiger charge is -2.16. The molecule has 1 rings (SSSR count). The lowest BCUT2D eigenvalue weighted by Crippen LogP contribution is -2.18. The summed E-state index contributed by atoms with van der Waals surface area (Å²) in [5.74, 6) is -1.26. The molecule has 0 saturated heterocycles. The summed E-state index contributed by atoms with van der Waals surface area (Å²) in [5.41, 5.74) is 0. The molecule has 0 aromatic heterocycles. The van der Waals surface area contributed by atoms with Crippen molar-refractivity contribution >= 4 is 11.8 Å². The van der Waals surface area contributed by atoms with Crippen LogP contribution in [0.3, 0.4) is 0 Å². The van der Waals surface area contributed by atoms with Crippen molar-refractivity contribution < 1.29 is 24.9 Å². The quantitative estimate of drug-likeness (QED) is 0.370. The smallest absolute Gasteiger partial charge is 0.303 e. The molecule has 0 amide bonds. The van der Waals surface area contributed by atoms with Gasteiger partial charge in [-0.2, -0.15) is 0 Å². The molecule has 1 aliphatic carbocycles. The van der Waals surface area contributed by atoms with Gasteiger partial charge in [0.05, 0.1) is 12.2 Å². The van der Waals surface area contributed by atoms with Crippen molar-refractivity contribution in [1.82, 2.24) is 0 Å². The predicted molar refractivity (Wildman–Crippen MR) is 97.1 cm³/mol. The summed E-state index contributed by atoms with van der Waals surface area (Å²) in [6.45, 7) is 2.11. The molecule has 0 radical (unpaired) electrons. The zero-order valence-electron chi connectivity index (χ0n) is 15.1. The highest BCUT2D eigenvalue weighted by Gasteiger charge is 2.39. The Bertz CT molecular complexity index is 469. The summed E-state index contributed by atoms with van der Waals surface area (Å²) in [4.78, 5) is 22.5. The number of Topliss-reactive ketones (excluding diaryl/α,β-unsaturated/α-hetero) is 1. The molecule has 0 aromatic carbocycles. The van der Waals surface area contributed by atoms with Crippen LogP contribution in [-0.2, 0) is 9.59 Å². The molecule has 4 atom stereocenters. The molecule has 0 aliphatic heterocycles. The van der Waals surface area contributed by atoms with E-state index in [0.29, 0.717) is 25.7 Å². The number of aliphatic hydroxyl groups excluding tert-OH is 2. The van der Waals surface area contributed by atoms with Gasteiger partial charge in [-0.15, -0.1) is 0 Å². The zero-order valence-corrected chi connectivity index (χ0v) is 15.1. The van der Waals surface area contributed by atoms with Crippen LogP contribution in [0.1, 0.15) is 64.7 Å². The van der Waals surface area contributed by atoms with Gasteiger partial charge in [0.2, 0.25) is 0 Å². The number of aliphatic hydroxyl groups is 2. The Labute approximate surface area is 150 Å². The second-order valence-electron chi connectivity index (χ2n) is 6.86. The molecule has 25 heavy (non-hydrogen) atoms. The normalized spacial score (nSPS) is 25.2. The first-order valence-electron chi connectivity index (χ1n) is 9.39. The summed E-state index contributed by atoms with van der Waals surface area (Å²) < 4.78 is 0. The molecule has 0 unspecified atom stereocenters. The molecule has 1 fully saturated rings. The van der Waals surface area contributed by atoms with E-state index in [1.807, 2.05) is 12.2 Å². The average molecular weight is 352 g/mol. The van der Waals surface area contributed by atoms with Crippen LogP contribution in [0.5, 0.6) is 0 Å². The fourth-order valence-electron chi connectivity index (χ4n) is 3.22. The van der Waals surface area contributed by atoms with Crippen molar-refractivity contribution in [3.63, 3.8) is 0 Å². The van der Waals surface area contributed by atoms with Gasteiger partial charge in [0.1, 0.15) is 5.78 Å². The van der Waals surface area contributed by atoms with Crippen molar-refractivity contribution in [2.45, 2.75) is 76.9 Å². The number of rotatable bonds is 12. The van der Waals surface area contributed by atoms with Crippen LogP contribution in [0.4, 0.5) is 0 Å². The molecule has 5 nitrogen and oxygen atoms in total. The minimum Gasteiger partial charge on any atom is -0.481 e. The van der Waals surface area contributed by atoms with Crippen LogP contribution in [-0.4, -0.2) is 39.3 Å². The van der Waals surface area contributed by atoms with E-state index < -0.39 is 18.2 Å². The van der Waals surface area contributed by atoms with Crippen LogP contribution in [0, 0.1) is 11.8 Å². The predicted octanol–water partition coefficient (Wildman–Crippen LogP) is 3.25. The molecule has 3 N–H and O–H groups in total. The first-order valence-corrected chi connectivity index (χ1v) is 9.39. The minimum atomic E-state index is -0.801. The van der Waals surface area contributed by atoms with E-state index in [1.54, 1.807) is 12.2 Å². The molecule has 142 valence electrons. The number of ketones is 1. The average Bonchev–Trinajstić information content (AvgIpc) is 2.82. The Balaban J connectivity index is 2.48. The Morgan fingerprint density at radius 2 is 2.04 bits per heavy atom. The van der Waals surface area contributed by atoms with Gasteiger partial charge in [-0.3, -0.25) is 9.59 Å². The van der Waals surface area contributed by atoms with Crippen LogP contribution < -0.4 is 0 Å². The molecular formula is C20H32O5. The largest absolute Gasteiger partial charge is 0.481 e. The number of unbranched alkanes of at least 4 members (excludes halogenated alkanes) is 3. The molecule has 1 saturated carbocycles. The molecular weight excluding hydrogens is 320 g/mol. The number of hydrogen-bond donors (Lipinski definition) is 3. The van der Waals surface area contributed by atoms with Gasteiger partial charge in [0.15, 0.2) is 0 Å². The van der Waals surface area contributed by atoms with Gasteiger partial charge < -0.3 is 15.3 Å². The number of carboxylic acids is 1. The monoisotopic (exact) mass is 352 g/mol. The van der Waals surface area contributed by atoms with Gasteiger partial charge in [-0.25, -0.2) is 0 Å². The molecule has 0 heterocycles. The van der Waals surface area contributed by atoms with E-state index in [-0.39, 0.29) is 30.5 Å². The van der Waals surface area contributed by atoms with E-state index in [2.05, 4.69) is 6.92 Å². The number of hydrogen-bond acceptors (Lipinski definition) is 4. The number of allylic oxidation sites excluding steroid dienone is 2. The third-order valence-electron chi connectivity index (χ3n) is 4.71. The third kappa shape index (κ3) is 8.45. The number of carbonyl (C=O) groups excluding carboxylic acids is 1. The van der Waals surface area contributed by atoms with Crippen molar-refractivity contribution in [2.24, 2.45) is 11.8 Å². The number of carbonyl (C=O) groups is 2. The number of carboxylic acid groups (broad SMARTS) is 1. The van der Waals surface area contributed by atoms with Crippen molar-refractivity contribution in [3.05, 3.63) is 24.3 Å². The van der Waals surface area contributed by atoms with Gasteiger partial charge in [0.25, 0.3) is 0 Å². The Hall–Kier alpha value is -1.46. The lowest BCUT2D eigenvalue weighted by molar-refractivity contribution is -0.137. The lowest BCUT2D eigenvalue weighted by atomic mass is 9.90. The van der Waals surface area contributed by atoms with E-state index in [4.69, 9.17) is 5.11 Å². The second-order valence-corrected chi connectivity index (χ2v) is 6.86. The molecule has 1 aliphatic rings. The topological polar surface area (TPSA) is 94.8 Å². The fourth-order valence-corrected chi connectivity index (χ4v) is 3.22. The van der Waals surface area contributed by atoms with E-state index in [9.17, 15) is 19.8 Å². The van der Waals surface area contributed by atoms with Crippen molar-refractivity contribution in [1.29, 1.82) is 0 Å². The van der Waals surface area contributed by atoms with E-state index >= 15 is 0 Å². The van der Waals surface area contributed by atoms with E-state index in [1.165, 1.54) is 0 Å². The number of aliphatic carboxylic acids is 1. The highest BCUT2D eigenvalue weighted by Crippen LogP contribution is 2.33. The summed E-state index contributed by atoms with van der Waals surface area (Å²) in [7, 11) is 0.